The molecule has 0 spiro atoms. The Morgan fingerprint density at radius 2 is 2.17 bits per heavy atom. The molecule has 1 aromatic carbocycles. The lowest BCUT2D eigenvalue weighted by atomic mass is 10.1. The summed E-state index contributed by atoms with van der Waals surface area (Å²) < 4.78 is 1.11. The molecule has 1 aromatic heterocycles. The molecule has 0 aliphatic carbocycles. The van der Waals surface area contributed by atoms with Gasteiger partial charge in [0.2, 0.25) is 0 Å². The minimum Gasteiger partial charge on any atom is -0.389 e. The second-order valence-corrected chi connectivity index (χ2v) is 6.98. The Labute approximate surface area is 128 Å². The van der Waals surface area contributed by atoms with Crippen molar-refractivity contribution in [3.8, 4) is 0 Å². The molecule has 2 nitrogen and oxygen atoms in total. The lowest BCUT2D eigenvalue weighted by molar-refractivity contribution is 1.19. The zero-order chi connectivity index (χ0) is 13.1. The van der Waals surface area contributed by atoms with Crippen LogP contribution in [0.1, 0.15) is 10.4 Å². The second kappa shape index (κ2) is 6.02. The predicted molar refractivity (Wildman–Crippen MR) is 86.7 cm³/mol. The first-order valence-electron chi connectivity index (χ1n) is 5.14. The van der Waals surface area contributed by atoms with E-state index >= 15 is 0 Å². The molecular formula is C12H10BrClN2S2. The molecule has 0 bridgehead atoms. The zero-order valence-corrected chi connectivity index (χ0v) is 13.2. The Bertz CT molecular complexity index is 583. The molecule has 0 atom stereocenters. The van der Waals surface area contributed by atoms with E-state index in [0.29, 0.717) is 22.1 Å². The van der Waals surface area contributed by atoms with Gasteiger partial charge in [-0.05, 0) is 40.2 Å². The Kier molecular flexibility index (Phi) is 4.61. The molecule has 2 aromatic rings. The van der Waals surface area contributed by atoms with Gasteiger partial charge in [0.15, 0.2) is 0 Å². The van der Waals surface area contributed by atoms with Crippen molar-refractivity contribution in [2.75, 3.05) is 5.32 Å². The van der Waals surface area contributed by atoms with Crippen molar-refractivity contribution < 1.29 is 0 Å². The van der Waals surface area contributed by atoms with E-state index in [1.54, 1.807) is 17.4 Å². The monoisotopic (exact) mass is 360 g/mol. The van der Waals surface area contributed by atoms with Gasteiger partial charge in [0, 0.05) is 17.1 Å². The first-order chi connectivity index (χ1) is 8.58. The van der Waals surface area contributed by atoms with Crippen LogP contribution in [-0.4, -0.2) is 4.99 Å². The highest BCUT2D eigenvalue weighted by molar-refractivity contribution is 9.11. The van der Waals surface area contributed by atoms with Crippen LogP contribution in [0, 0.1) is 0 Å². The van der Waals surface area contributed by atoms with E-state index in [9.17, 15) is 0 Å². The average molecular weight is 362 g/mol. The van der Waals surface area contributed by atoms with Crippen molar-refractivity contribution in [3.05, 3.63) is 49.6 Å². The minimum absolute atomic E-state index is 0.301. The summed E-state index contributed by atoms with van der Waals surface area (Å²) in [5, 5.41) is 3.87. The maximum Gasteiger partial charge on any atom is 0.107 e. The van der Waals surface area contributed by atoms with Crippen LogP contribution >= 0.6 is 51.1 Å². The summed E-state index contributed by atoms with van der Waals surface area (Å²) >= 11 is 16.2. The number of nitrogens with two attached hydrogens (primary N) is 1. The van der Waals surface area contributed by atoms with E-state index < -0.39 is 0 Å². The molecule has 6 heteroatoms. The molecule has 3 N–H and O–H groups in total. The quantitative estimate of drug-likeness (QED) is 0.792. The number of nitrogens with one attached hydrogen (secondary N) is 1. The average Bonchev–Trinajstić information content (AvgIpc) is 2.72. The highest BCUT2D eigenvalue weighted by Crippen LogP contribution is 2.26. The van der Waals surface area contributed by atoms with Crippen molar-refractivity contribution >= 4 is 61.8 Å². The first kappa shape index (κ1) is 13.8. The standard InChI is InChI=1S/C12H10BrClN2S2/c13-10-5-4-7(18-10)6-16-9-3-1-2-8(14)11(9)12(15)17/h1-5,16H,6H2,(H2,15,17). The van der Waals surface area contributed by atoms with Crippen molar-refractivity contribution in [1.29, 1.82) is 0 Å². The molecule has 0 aliphatic heterocycles. The molecule has 1 heterocycles. The highest BCUT2D eigenvalue weighted by atomic mass is 79.9. The topological polar surface area (TPSA) is 38.0 Å². The van der Waals surface area contributed by atoms with Crippen LogP contribution < -0.4 is 11.1 Å². The van der Waals surface area contributed by atoms with Crippen LogP contribution in [0.25, 0.3) is 0 Å². The molecular weight excluding hydrogens is 352 g/mol. The molecule has 0 saturated heterocycles. The highest BCUT2D eigenvalue weighted by Gasteiger charge is 2.09. The van der Waals surface area contributed by atoms with E-state index in [0.717, 1.165) is 9.47 Å². The van der Waals surface area contributed by atoms with Crippen LogP contribution in [0.4, 0.5) is 5.69 Å². The molecule has 0 amide bonds. The molecule has 18 heavy (non-hydrogen) atoms. The summed E-state index contributed by atoms with van der Waals surface area (Å²) in [6.07, 6.45) is 0. The van der Waals surface area contributed by atoms with Crippen molar-refractivity contribution in [2.45, 2.75) is 6.54 Å². The third-order valence-corrected chi connectivity index (χ3v) is 4.48. The van der Waals surface area contributed by atoms with Gasteiger partial charge in [-0.3, -0.25) is 0 Å². The summed E-state index contributed by atoms with van der Waals surface area (Å²) in [6, 6.07) is 9.66. The number of thiophene rings is 1. The van der Waals surface area contributed by atoms with Gasteiger partial charge in [-0.15, -0.1) is 11.3 Å². The molecule has 0 unspecified atom stereocenters. The Morgan fingerprint density at radius 1 is 1.39 bits per heavy atom. The number of anilines is 1. The van der Waals surface area contributed by atoms with Crippen molar-refractivity contribution in [1.82, 2.24) is 0 Å². The van der Waals surface area contributed by atoms with Gasteiger partial charge in [-0.2, -0.15) is 0 Å². The van der Waals surface area contributed by atoms with E-state index in [4.69, 9.17) is 29.6 Å². The maximum absolute atomic E-state index is 6.10. The van der Waals surface area contributed by atoms with Gasteiger partial charge in [-0.25, -0.2) is 0 Å². The maximum atomic E-state index is 6.10. The lowest BCUT2D eigenvalue weighted by Gasteiger charge is -2.11. The fourth-order valence-corrected chi connectivity index (χ4v) is 3.53. The molecule has 0 aliphatic rings. The van der Waals surface area contributed by atoms with Crippen LogP contribution in [-0.2, 0) is 6.54 Å². The number of benzene rings is 1. The van der Waals surface area contributed by atoms with E-state index in [1.807, 2.05) is 18.2 Å². The predicted octanol–water partition coefficient (Wildman–Crippen LogP) is 4.41. The SMILES string of the molecule is NC(=S)c1c(Cl)cccc1NCc1ccc(Br)s1. The van der Waals surface area contributed by atoms with Crippen LogP contribution in [0.15, 0.2) is 34.1 Å². The van der Waals surface area contributed by atoms with Crippen molar-refractivity contribution in [2.24, 2.45) is 5.73 Å². The zero-order valence-electron chi connectivity index (χ0n) is 9.24. The number of rotatable bonds is 4. The second-order valence-electron chi connectivity index (χ2n) is 3.59. The number of hydrogen-bond donors (Lipinski definition) is 2. The van der Waals surface area contributed by atoms with Gasteiger partial charge < -0.3 is 11.1 Å². The van der Waals surface area contributed by atoms with Gasteiger partial charge >= 0.3 is 0 Å². The van der Waals surface area contributed by atoms with E-state index in [1.165, 1.54) is 4.88 Å². The summed E-state index contributed by atoms with van der Waals surface area (Å²) in [7, 11) is 0. The van der Waals surface area contributed by atoms with Gasteiger partial charge in [0.1, 0.15) is 4.99 Å². The molecule has 94 valence electrons. The summed E-state index contributed by atoms with van der Waals surface area (Å²) in [4.78, 5) is 1.52. The molecule has 0 saturated carbocycles. The number of hydrogen-bond acceptors (Lipinski definition) is 3. The Balaban J connectivity index is 2.19. The Morgan fingerprint density at radius 3 is 2.78 bits per heavy atom. The van der Waals surface area contributed by atoms with E-state index in [2.05, 4.69) is 27.3 Å². The fraction of sp³-hybridized carbons (Fsp3) is 0.0833. The normalized spacial score (nSPS) is 10.3. The summed E-state index contributed by atoms with van der Waals surface area (Å²) in [6.45, 7) is 0.715. The van der Waals surface area contributed by atoms with Crippen LogP contribution in [0.3, 0.4) is 0 Å². The smallest absolute Gasteiger partial charge is 0.107 e. The number of thiocarbonyl (C=S) groups is 1. The third kappa shape index (κ3) is 3.23. The van der Waals surface area contributed by atoms with Crippen LogP contribution in [0.2, 0.25) is 5.02 Å². The minimum atomic E-state index is 0.301. The molecule has 0 fully saturated rings. The van der Waals surface area contributed by atoms with Gasteiger partial charge in [-0.1, -0.05) is 29.9 Å². The van der Waals surface area contributed by atoms with Gasteiger partial charge in [0.25, 0.3) is 0 Å². The Hall–Kier alpha value is -0.620. The molecule has 2 rings (SSSR count). The number of halogens is 2. The summed E-state index contributed by atoms with van der Waals surface area (Å²) in [5.74, 6) is 0. The lowest BCUT2D eigenvalue weighted by Crippen LogP contribution is -2.13. The van der Waals surface area contributed by atoms with Crippen molar-refractivity contribution in [3.63, 3.8) is 0 Å². The molecule has 0 radical (unpaired) electrons. The third-order valence-electron chi connectivity index (χ3n) is 2.34. The first-order valence-corrected chi connectivity index (χ1v) is 7.54. The fourth-order valence-electron chi connectivity index (χ4n) is 1.55. The van der Waals surface area contributed by atoms with E-state index in [-0.39, 0.29) is 0 Å². The summed E-state index contributed by atoms with van der Waals surface area (Å²) in [5.41, 5.74) is 7.25. The largest absolute Gasteiger partial charge is 0.389 e. The van der Waals surface area contributed by atoms with Gasteiger partial charge in [0.05, 0.1) is 14.4 Å². The van der Waals surface area contributed by atoms with Crippen LogP contribution in [0.5, 0.6) is 0 Å².